The van der Waals surface area contributed by atoms with Crippen LogP contribution in [0.15, 0.2) is 58.9 Å². The molecule has 0 spiro atoms. The van der Waals surface area contributed by atoms with Crippen LogP contribution >= 0.6 is 11.3 Å². The van der Waals surface area contributed by atoms with Gasteiger partial charge in [0.2, 0.25) is 11.8 Å². The molecule has 0 radical (unpaired) electrons. The molecule has 0 saturated carbocycles. The molecular formula is C23H25N5O4S2. The van der Waals surface area contributed by atoms with Gasteiger partial charge in [-0.15, -0.1) is 11.3 Å². The zero-order valence-electron chi connectivity index (χ0n) is 18.4. The Kier molecular flexibility index (Phi) is 5.74. The maximum absolute atomic E-state index is 13.3. The van der Waals surface area contributed by atoms with Crippen molar-refractivity contribution < 1.29 is 19.4 Å². The number of rotatable bonds is 6. The summed E-state index contributed by atoms with van der Waals surface area (Å²) in [6.07, 6.45) is 3.02. The van der Waals surface area contributed by atoms with E-state index >= 15 is 0 Å². The van der Waals surface area contributed by atoms with Gasteiger partial charge >= 0.3 is 0 Å². The summed E-state index contributed by atoms with van der Waals surface area (Å²) < 4.78 is 27.6. The largest absolute Gasteiger partial charge is 0.359 e. The van der Waals surface area contributed by atoms with E-state index in [2.05, 4.69) is 19.9 Å². The average Bonchev–Trinajstić information content (AvgIpc) is 3.53. The Labute approximate surface area is 203 Å². The fourth-order valence-corrected chi connectivity index (χ4v) is 6.28. The van der Waals surface area contributed by atoms with Gasteiger partial charge in [0.15, 0.2) is 5.13 Å². The molecule has 3 aromatic rings. The number of fused-ring (bicyclic) bond motifs is 1. The molecule has 1 fully saturated rings. The summed E-state index contributed by atoms with van der Waals surface area (Å²) in [4.78, 5) is 32.5. The molecule has 0 aliphatic carbocycles. The van der Waals surface area contributed by atoms with Gasteiger partial charge in [-0.2, -0.15) is 0 Å². The molecule has 2 aromatic carbocycles. The predicted molar refractivity (Wildman–Crippen MR) is 134 cm³/mol. The number of nitrogens with zero attached hydrogens (tertiary/aromatic N) is 3. The van der Waals surface area contributed by atoms with Crippen LogP contribution < -0.4 is 19.8 Å². The zero-order chi connectivity index (χ0) is 23.9. The zero-order valence-corrected chi connectivity index (χ0v) is 20.0. The van der Waals surface area contributed by atoms with Gasteiger partial charge in [0, 0.05) is 50.1 Å². The van der Waals surface area contributed by atoms with E-state index in [1.807, 2.05) is 18.2 Å². The SMILES string of the molecule is CC(=O)Nc1ccc2c(c1)CCN2[C@H]1CCN(c2ccc(S(=O)(=O)Nc3nccs3)cc2)C1=O.[HH]. The minimum atomic E-state index is -3.75. The van der Waals surface area contributed by atoms with Gasteiger partial charge < -0.3 is 15.1 Å². The lowest BCUT2D eigenvalue weighted by molar-refractivity contribution is -0.118. The van der Waals surface area contributed by atoms with Crippen molar-refractivity contribution in [1.29, 1.82) is 0 Å². The minimum Gasteiger partial charge on any atom is -0.359 e. The third kappa shape index (κ3) is 4.24. The number of thiazole rings is 1. The highest BCUT2D eigenvalue weighted by Crippen LogP contribution is 2.35. The van der Waals surface area contributed by atoms with Crippen molar-refractivity contribution in [2.24, 2.45) is 0 Å². The maximum atomic E-state index is 13.3. The Morgan fingerprint density at radius 2 is 1.97 bits per heavy atom. The van der Waals surface area contributed by atoms with Crippen LogP contribution in [0.3, 0.4) is 0 Å². The highest BCUT2D eigenvalue weighted by atomic mass is 32.2. The summed E-state index contributed by atoms with van der Waals surface area (Å²) >= 11 is 1.20. The van der Waals surface area contributed by atoms with E-state index in [1.165, 1.54) is 36.6 Å². The topological polar surface area (TPSA) is 112 Å². The Bertz CT molecular complexity index is 1350. The van der Waals surface area contributed by atoms with Gasteiger partial charge in [-0.25, -0.2) is 13.4 Å². The third-order valence-electron chi connectivity index (χ3n) is 6.00. The molecule has 2 amide bonds. The molecular weight excluding hydrogens is 474 g/mol. The lowest BCUT2D eigenvalue weighted by Gasteiger charge is -2.26. The van der Waals surface area contributed by atoms with Crippen LogP contribution in [0, 0.1) is 0 Å². The highest BCUT2D eigenvalue weighted by Gasteiger charge is 2.39. The quantitative estimate of drug-likeness (QED) is 0.538. The standard InChI is InChI=1S/C23H23N5O4S2.H2/c1-15(29)25-17-2-7-20-16(14-17)8-11-28(20)21-9-12-27(22(21)30)18-3-5-19(6-4-18)34(31,32)26-23-24-10-13-33-23;/h2-7,10,13-14,21H,8-9,11-12H2,1H3,(H,24,26)(H,25,29);1H/t21-;/m0./s1. The molecule has 3 heterocycles. The summed E-state index contributed by atoms with van der Waals surface area (Å²) in [5, 5.41) is 4.79. The first-order valence-electron chi connectivity index (χ1n) is 10.8. The molecule has 9 nitrogen and oxygen atoms in total. The van der Waals surface area contributed by atoms with E-state index < -0.39 is 10.0 Å². The number of nitrogens with one attached hydrogen (secondary N) is 2. The van der Waals surface area contributed by atoms with Gasteiger partial charge in [-0.3, -0.25) is 14.3 Å². The van der Waals surface area contributed by atoms with Gasteiger partial charge in [-0.1, -0.05) is 0 Å². The molecule has 178 valence electrons. The summed E-state index contributed by atoms with van der Waals surface area (Å²) in [5.74, 6) is -0.121. The highest BCUT2D eigenvalue weighted by molar-refractivity contribution is 7.93. The number of carbonyl (C=O) groups excluding carboxylic acids is 2. The minimum absolute atomic E-state index is 0. The molecule has 1 atom stereocenters. The number of anilines is 4. The number of amides is 2. The number of benzene rings is 2. The molecule has 2 N–H and O–H groups in total. The number of hydrogen-bond acceptors (Lipinski definition) is 7. The van der Waals surface area contributed by atoms with Crippen molar-refractivity contribution in [2.45, 2.75) is 30.7 Å². The average molecular weight is 500 g/mol. The van der Waals surface area contributed by atoms with E-state index in [0.717, 1.165) is 29.9 Å². The van der Waals surface area contributed by atoms with Crippen molar-refractivity contribution in [2.75, 3.05) is 32.9 Å². The Hall–Kier alpha value is -3.44. The van der Waals surface area contributed by atoms with E-state index in [0.29, 0.717) is 23.8 Å². The van der Waals surface area contributed by atoms with Crippen molar-refractivity contribution >= 4 is 55.4 Å². The third-order valence-corrected chi connectivity index (χ3v) is 8.17. The lowest BCUT2D eigenvalue weighted by Crippen LogP contribution is -2.41. The second-order valence-corrected chi connectivity index (χ2v) is 10.8. The molecule has 0 unspecified atom stereocenters. The Morgan fingerprint density at radius 1 is 1.18 bits per heavy atom. The van der Waals surface area contributed by atoms with Gasteiger partial charge in [-0.05, 0) is 60.9 Å². The molecule has 0 bridgehead atoms. The fraction of sp³-hybridized carbons (Fsp3) is 0.261. The van der Waals surface area contributed by atoms with Crippen molar-refractivity contribution in [1.82, 2.24) is 4.98 Å². The van der Waals surface area contributed by atoms with Gasteiger partial charge in [0.25, 0.3) is 10.0 Å². The summed E-state index contributed by atoms with van der Waals surface area (Å²) in [6.45, 7) is 2.77. The number of aromatic nitrogens is 1. The molecule has 34 heavy (non-hydrogen) atoms. The first kappa shape index (κ1) is 22.4. The first-order chi connectivity index (χ1) is 16.3. The van der Waals surface area contributed by atoms with Crippen LogP contribution in [-0.2, 0) is 26.0 Å². The van der Waals surface area contributed by atoms with Crippen LogP contribution in [0.2, 0.25) is 0 Å². The monoisotopic (exact) mass is 499 g/mol. The van der Waals surface area contributed by atoms with Crippen LogP contribution in [-0.4, -0.2) is 44.3 Å². The molecule has 1 saturated heterocycles. The second-order valence-electron chi connectivity index (χ2n) is 8.20. The van der Waals surface area contributed by atoms with E-state index in [1.54, 1.807) is 22.4 Å². The summed E-state index contributed by atoms with van der Waals surface area (Å²) in [7, 11) is -3.75. The number of hydrogen-bond donors (Lipinski definition) is 2. The second kappa shape index (κ2) is 8.73. The van der Waals surface area contributed by atoms with Crippen LogP contribution in [0.25, 0.3) is 0 Å². The predicted octanol–water partition coefficient (Wildman–Crippen LogP) is 3.32. The summed E-state index contributed by atoms with van der Waals surface area (Å²) in [6, 6.07) is 11.8. The smallest absolute Gasteiger partial charge is 0.263 e. The van der Waals surface area contributed by atoms with Gasteiger partial charge in [0.05, 0.1) is 4.90 Å². The maximum Gasteiger partial charge on any atom is 0.263 e. The van der Waals surface area contributed by atoms with E-state index in [-0.39, 0.29) is 24.2 Å². The van der Waals surface area contributed by atoms with Crippen molar-refractivity contribution in [3.8, 4) is 0 Å². The molecule has 5 rings (SSSR count). The number of carbonyl (C=O) groups is 2. The summed E-state index contributed by atoms with van der Waals surface area (Å²) in [5.41, 5.74) is 3.55. The van der Waals surface area contributed by atoms with E-state index in [9.17, 15) is 18.0 Å². The van der Waals surface area contributed by atoms with Crippen molar-refractivity contribution in [3.63, 3.8) is 0 Å². The van der Waals surface area contributed by atoms with Crippen molar-refractivity contribution in [3.05, 3.63) is 59.6 Å². The Morgan fingerprint density at radius 3 is 2.68 bits per heavy atom. The fourth-order valence-electron chi connectivity index (χ4n) is 4.50. The molecule has 11 heteroatoms. The van der Waals surface area contributed by atoms with Crippen LogP contribution in [0.1, 0.15) is 20.3 Å². The van der Waals surface area contributed by atoms with Crippen LogP contribution in [0.5, 0.6) is 0 Å². The van der Waals surface area contributed by atoms with Gasteiger partial charge in [0.1, 0.15) is 6.04 Å². The molecule has 1 aromatic heterocycles. The molecule has 2 aliphatic heterocycles. The van der Waals surface area contributed by atoms with E-state index in [4.69, 9.17) is 0 Å². The first-order valence-corrected chi connectivity index (χ1v) is 13.2. The molecule has 2 aliphatic rings. The lowest BCUT2D eigenvalue weighted by atomic mass is 10.1. The Balaban J connectivity index is 0.00000289. The number of sulfonamides is 1. The van der Waals surface area contributed by atoms with Crippen LogP contribution in [0.4, 0.5) is 22.2 Å². The normalized spacial score (nSPS) is 17.7.